The molecule has 0 aliphatic rings. The van der Waals surface area contributed by atoms with Gasteiger partial charge in [-0.1, -0.05) is 0 Å². The molecule has 2 rings (SSSR count). The van der Waals surface area contributed by atoms with Crippen molar-refractivity contribution in [1.29, 1.82) is 0 Å². The third kappa shape index (κ3) is 3.93. The molecule has 24 heavy (non-hydrogen) atoms. The maximum atomic E-state index is 13.1. The highest BCUT2D eigenvalue weighted by molar-refractivity contribution is 5.69. The first-order valence-electron chi connectivity index (χ1n) is 13.5. The van der Waals surface area contributed by atoms with Crippen LogP contribution in [0, 0.1) is 0 Å². The SMILES string of the molecule is [2H]C([2H])(OC([2H])([2H])C([2H])([2H])[2H])n1cnc2c1c(=O)n(CCCCC(O)(C([2H])([2H])[2H])C([2H])([2H])[2H])c(=O)n2C. The van der Waals surface area contributed by atoms with Gasteiger partial charge in [0.2, 0.25) is 0 Å². The fraction of sp³-hybridized carbons (Fsp3) is 0.688. The van der Waals surface area contributed by atoms with Gasteiger partial charge in [0, 0.05) is 32.5 Å². The van der Waals surface area contributed by atoms with Crippen LogP contribution in [0.5, 0.6) is 0 Å². The molecule has 0 aliphatic heterocycles. The maximum Gasteiger partial charge on any atom is 0.332 e. The summed E-state index contributed by atoms with van der Waals surface area (Å²) in [5.74, 6) is 0. The van der Waals surface area contributed by atoms with Gasteiger partial charge in [0.25, 0.3) is 5.56 Å². The zero-order valence-corrected chi connectivity index (χ0v) is 12.9. The Morgan fingerprint density at radius 2 is 2.21 bits per heavy atom. The topological polar surface area (TPSA) is 91.3 Å². The molecule has 0 aliphatic carbocycles. The highest BCUT2D eigenvalue weighted by Gasteiger charge is 2.16. The second-order valence-corrected chi connectivity index (χ2v) is 5.20. The van der Waals surface area contributed by atoms with Gasteiger partial charge in [-0.2, -0.15) is 0 Å². The lowest BCUT2D eigenvalue weighted by molar-refractivity contribution is 0.0678. The van der Waals surface area contributed by atoms with E-state index in [-0.39, 0.29) is 25.0 Å². The number of aromatic nitrogens is 4. The second kappa shape index (κ2) is 7.31. The summed E-state index contributed by atoms with van der Waals surface area (Å²) >= 11 is 0. The number of nitrogens with zero attached hydrogens (tertiary/aromatic N) is 4. The van der Waals surface area contributed by atoms with E-state index in [9.17, 15) is 14.7 Å². The Morgan fingerprint density at radius 3 is 2.92 bits per heavy atom. The fourth-order valence-corrected chi connectivity index (χ4v) is 2.26. The molecular weight excluding hydrogens is 312 g/mol. The zero-order chi connectivity index (χ0) is 29.0. The van der Waals surface area contributed by atoms with Crippen LogP contribution in [0.25, 0.3) is 11.2 Å². The van der Waals surface area contributed by atoms with Crippen LogP contribution in [0.1, 0.15) is 57.6 Å². The molecule has 134 valence electrons. The monoisotopic (exact) mass is 351 g/mol. The van der Waals surface area contributed by atoms with Crippen molar-refractivity contribution in [3.8, 4) is 0 Å². The molecule has 0 saturated carbocycles. The zero-order valence-electron chi connectivity index (χ0n) is 25.9. The first-order valence-corrected chi connectivity index (χ1v) is 6.99. The number of aryl methyl sites for hydroxylation is 1. The van der Waals surface area contributed by atoms with Crippen LogP contribution in [0.2, 0.25) is 0 Å². The number of unbranched alkanes of at least 4 members (excludes halogenated alkanes) is 1. The first-order chi connectivity index (χ1) is 16.4. The van der Waals surface area contributed by atoms with Gasteiger partial charge in [0.05, 0.1) is 17.4 Å². The van der Waals surface area contributed by atoms with Crippen LogP contribution < -0.4 is 11.2 Å². The number of fused-ring (bicyclic) bond motifs is 1. The Hall–Kier alpha value is -1.93. The molecule has 0 spiro atoms. The van der Waals surface area contributed by atoms with Crippen molar-refractivity contribution in [3.63, 3.8) is 0 Å². The van der Waals surface area contributed by atoms with E-state index >= 15 is 0 Å². The van der Waals surface area contributed by atoms with E-state index in [4.69, 9.17) is 17.8 Å². The molecule has 0 saturated heterocycles. The summed E-state index contributed by atoms with van der Waals surface area (Å²) in [6.45, 7) is -16.9. The predicted molar refractivity (Wildman–Crippen MR) is 91.0 cm³/mol. The Kier molecular flexibility index (Phi) is 2.29. The van der Waals surface area contributed by atoms with Gasteiger partial charge in [-0.3, -0.25) is 13.9 Å². The summed E-state index contributed by atoms with van der Waals surface area (Å²) in [7, 11) is 1.21. The van der Waals surface area contributed by atoms with Gasteiger partial charge in [-0.05, 0) is 39.8 Å². The van der Waals surface area contributed by atoms with Crippen LogP contribution >= 0.6 is 0 Å². The van der Waals surface area contributed by atoms with Gasteiger partial charge in [-0.15, -0.1) is 0 Å². The molecule has 0 radical (unpaired) electrons. The van der Waals surface area contributed by atoms with Crippen molar-refractivity contribution in [3.05, 3.63) is 27.2 Å². The lowest BCUT2D eigenvalue weighted by Crippen LogP contribution is -2.39. The van der Waals surface area contributed by atoms with Crippen LogP contribution in [0.4, 0.5) is 0 Å². The summed E-state index contributed by atoms with van der Waals surface area (Å²) < 4.78 is 104. The highest BCUT2D eigenvalue weighted by Crippen LogP contribution is 2.12. The Balaban J connectivity index is 2.44. The molecule has 0 unspecified atom stereocenters. The largest absolute Gasteiger partial charge is 0.390 e. The summed E-state index contributed by atoms with van der Waals surface area (Å²) in [5, 5.41) is 10.3. The van der Waals surface area contributed by atoms with Crippen molar-refractivity contribution in [2.24, 2.45) is 7.05 Å². The molecule has 2 aromatic heterocycles. The molecule has 8 heteroatoms. The minimum absolute atomic E-state index is 0.131. The van der Waals surface area contributed by atoms with Gasteiger partial charge >= 0.3 is 5.69 Å². The van der Waals surface area contributed by atoms with Crippen molar-refractivity contribution in [2.45, 2.75) is 58.6 Å². The smallest absolute Gasteiger partial charge is 0.332 e. The van der Waals surface area contributed by atoms with E-state index in [1.807, 2.05) is 0 Å². The summed E-state index contributed by atoms with van der Waals surface area (Å²) in [5.41, 5.74) is -5.89. The van der Waals surface area contributed by atoms with Crippen LogP contribution in [-0.4, -0.2) is 36.0 Å². The Bertz CT molecular complexity index is 1240. The third-order valence-corrected chi connectivity index (χ3v) is 3.40. The predicted octanol–water partition coefficient (Wildman–Crippen LogP) is 0.832. The van der Waals surface area contributed by atoms with E-state index in [2.05, 4.69) is 9.72 Å². The summed E-state index contributed by atoms with van der Waals surface area (Å²) in [6, 6.07) is 0. The van der Waals surface area contributed by atoms with Gasteiger partial charge in [0.1, 0.15) is 6.68 Å². The van der Waals surface area contributed by atoms with E-state index in [1.54, 1.807) is 0 Å². The van der Waals surface area contributed by atoms with Crippen molar-refractivity contribution in [1.82, 2.24) is 18.7 Å². The Labute approximate surface area is 158 Å². The maximum absolute atomic E-state index is 13.1. The number of hydrogen-bond acceptors (Lipinski definition) is 5. The summed E-state index contributed by atoms with van der Waals surface area (Å²) in [4.78, 5) is 29.6. The normalized spacial score (nSPS) is 23.0. The lowest BCUT2D eigenvalue weighted by atomic mass is 10.0. The minimum Gasteiger partial charge on any atom is -0.390 e. The van der Waals surface area contributed by atoms with Crippen molar-refractivity contribution < 1.29 is 27.7 Å². The lowest BCUT2D eigenvalue weighted by Gasteiger charge is -2.16. The molecule has 8 nitrogen and oxygen atoms in total. The molecule has 2 aromatic rings. The van der Waals surface area contributed by atoms with Gasteiger partial charge in [-0.25, -0.2) is 9.78 Å². The highest BCUT2D eigenvalue weighted by atomic mass is 16.5. The second-order valence-electron chi connectivity index (χ2n) is 5.20. The number of hydrogen-bond donors (Lipinski definition) is 1. The van der Waals surface area contributed by atoms with E-state index in [1.165, 1.54) is 7.05 Å². The number of aliphatic hydroxyl groups is 1. The number of rotatable bonds is 8. The molecule has 2 heterocycles. The van der Waals surface area contributed by atoms with E-state index < -0.39 is 62.6 Å². The van der Waals surface area contributed by atoms with E-state index in [0.29, 0.717) is 9.13 Å². The standard InChI is InChI=1S/C16H26N4O4/c1-5-24-11-19-10-17-13-12(19)14(21)20(15(22)18(13)4)9-7-6-8-16(2,3)23/h10,23H,5-9,11H2,1-4H3/i1D3,2D3,3D3,5D2,11D2. The van der Waals surface area contributed by atoms with Crippen molar-refractivity contribution in [2.75, 3.05) is 6.56 Å². The fourth-order valence-electron chi connectivity index (χ4n) is 2.26. The van der Waals surface area contributed by atoms with Gasteiger partial charge < -0.3 is 14.4 Å². The van der Waals surface area contributed by atoms with Gasteiger partial charge in [0.15, 0.2) is 11.2 Å². The van der Waals surface area contributed by atoms with Crippen LogP contribution in [-0.2, 0) is 25.0 Å². The first kappa shape index (κ1) is 7.53. The van der Waals surface area contributed by atoms with Crippen LogP contribution in [0.3, 0.4) is 0 Å². The number of ether oxygens (including phenoxy) is 1. The molecule has 0 aromatic carbocycles. The minimum atomic E-state index is -3.46. The molecular formula is C16H26N4O4. The Morgan fingerprint density at radius 1 is 1.42 bits per heavy atom. The summed E-state index contributed by atoms with van der Waals surface area (Å²) in [6.07, 6.45) is -0.314. The molecule has 0 amide bonds. The molecule has 1 N–H and O–H groups in total. The third-order valence-electron chi connectivity index (χ3n) is 3.40. The molecule has 0 bridgehead atoms. The molecule has 0 fully saturated rings. The quantitative estimate of drug-likeness (QED) is 0.711. The number of imidazole rings is 1. The average molecular weight is 351 g/mol. The van der Waals surface area contributed by atoms with E-state index in [0.717, 1.165) is 10.9 Å². The average Bonchev–Trinajstić information content (AvgIpc) is 3.14. The van der Waals surface area contributed by atoms with Crippen LogP contribution in [0.15, 0.2) is 15.9 Å². The molecule has 0 atom stereocenters. The van der Waals surface area contributed by atoms with Crippen molar-refractivity contribution >= 4 is 11.2 Å².